The summed E-state index contributed by atoms with van der Waals surface area (Å²) in [6.45, 7) is 13.9. The van der Waals surface area contributed by atoms with E-state index in [-0.39, 0.29) is 17.5 Å². The number of fused-ring (bicyclic) bond motifs is 2. The third-order valence-corrected chi connectivity index (χ3v) is 14.1. The quantitative estimate of drug-likeness (QED) is 0.159. The molecule has 0 radical (unpaired) electrons. The van der Waals surface area contributed by atoms with Crippen molar-refractivity contribution in [2.75, 3.05) is 4.90 Å². The van der Waals surface area contributed by atoms with Crippen LogP contribution in [-0.4, -0.2) is 6.71 Å². The number of aryl methyl sites for hydroxylation is 6. The molecule has 5 aliphatic rings. The second-order valence-corrected chi connectivity index (χ2v) is 18.1. The van der Waals surface area contributed by atoms with Crippen molar-refractivity contribution in [3.05, 3.63) is 166 Å². The fraction of sp³-hybridized carbons (Fsp3) is 0.308. The molecule has 2 atom stereocenters. The van der Waals surface area contributed by atoms with Gasteiger partial charge in [0.2, 0.25) is 6.71 Å². The van der Waals surface area contributed by atoms with E-state index in [2.05, 4.69) is 168 Å². The smallest absolute Gasteiger partial charge is 0.242 e. The van der Waals surface area contributed by atoms with Crippen molar-refractivity contribution in [3.63, 3.8) is 0 Å². The van der Waals surface area contributed by atoms with E-state index < -0.39 is 0 Å². The first-order valence-electron chi connectivity index (χ1n) is 20.6. The molecule has 2 nitrogen and oxygen atoms in total. The summed E-state index contributed by atoms with van der Waals surface area (Å²) in [5.74, 6) is 3.39. The van der Waals surface area contributed by atoms with E-state index in [9.17, 15) is 0 Å². The van der Waals surface area contributed by atoms with E-state index in [1.807, 2.05) is 0 Å². The largest absolute Gasteiger partial charge is 0.453 e. The Kier molecular flexibility index (Phi) is 8.00. The second kappa shape index (κ2) is 12.8. The van der Waals surface area contributed by atoms with Crippen LogP contribution in [0, 0.1) is 53.4 Å². The van der Waals surface area contributed by atoms with Crippen LogP contribution in [0.5, 0.6) is 11.5 Å². The maximum Gasteiger partial charge on any atom is 0.242 e. The summed E-state index contributed by atoms with van der Waals surface area (Å²) in [5.41, 5.74) is 19.5. The lowest BCUT2D eigenvalue weighted by Crippen LogP contribution is -2.57. The van der Waals surface area contributed by atoms with Crippen LogP contribution in [0.1, 0.15) is 83.0 Å². The zero-order valence-electron chi connectivity index (χ0n) is 33.4. The molecule has 0 spiro atoms. The first-order chi connectivity index (χ1) is 26.6. The second-order valence-electron chi connectivity index (χ2n) is 18.1. The monoisotopic (exact) mass is 717 g/mol. The van der Waals surface area contributed by atoms with Gasteiger partial charge in [0.25, 0.3) is 0 Å². The maximum atomic E-state index is 6.32. The summed E-state index contributed by atoms with van der Waals surface area (Å²) in [6.07, 6.45) is 7.98. The van der Waals surface area contributed by atoms with Crippen molar-refractivity contribution in [2.45, 2.75) is 90.9 Å². The lowest BCUT2D eigenvalue weighted by molar-refractivity contribution is -0.0281. The average molecular weight is 718 g/mol. The predicted molar refractivity (Wildman–Crippen MR) is 232 cm³/mol. The number of para-hydroxylation sites is 4. The van der Waals surface area contributed by atoms with Crippen LogP contribution in [0.2, 0.25) is 0 Å². The molecule has 0 amide bonds. The minimum absolute atomic E-state index is 0.210. The summed E-state index contributed by atoms with van der Waals surface area (Å²) in [4.78, 5) is 2.37. The van der Waals surface area contributed by atoms with Crippen LogP contribution >= 0.6 is 0 Å². The average Bonchev–Trinajstić information content (AvgIpc) is 3.15. The minimum atomic E-state index is 0.210. The number of benzene rings is 6. The molecule has 1 heterocycles. The summed E-state index contributed by atoms with van der Waals surface area (Å²) in [7, 11) is 0. The van der Waals surface area contributed by atoms with Crippen molar-refractivity contribution in [1.29, 1.82) is 0 Å². The van der Waals surface area contributed by atoms with Gasteiger partial charge < -0.3 is 9.64 Å². The van der Waals surface area contributed by atoms with Crippen molar-refractivity contribution in [2.24, 2.45) is 11.8 Å². The molecule has 4 fully saturated rings. The zero-order valence-corrected chi connectivity index (χ0v) is 33.4. The summed E-state index contributed by atoms with van der Waals surface area (Å²) >= 11 is 0. The van der Waals surface area contributed by atoms with Crippen molar-refractivity contribution in [1.82, 2.24) is 0 Å². The molecule has 11 rings (SSSR count). The van der Waals surface area contributed by atoms with Gasteiger partial charge >= 0.3 is 0 Å². The van der Waals surface area contributed by atoms with Crippen LogP contribution in [0.15, 0.2) is 121 Å². The van der Waals surface area contributed by atoms with Crippen LogP contribution in [0.25, 0.3) is 0 Å². The molecule has 0 aromatic heterocycles. The molecule has 4 aliphatic carbocycles. The Labute approximate surface area is 328 Å². The van der Waals surface area contributed by atoms with Gasteiger partial charge in [-0.25, -0.2) is 0 Å². The maximum absolute atomic E-state index is 6.32. The van der Waals surface area contributed by atoms with Crippen molar-refractivity contribution >= 4 is 40.2 Å². The Hall–Kier alpha value is -5.02. The van der Waals surface area contributed by atoms with Crippen molar-refractivity contribution in [3.8, 4) is 11.5 Å². The van der Waals surface area contributed by atoms with Gasteiger partial charge in [0.15, 0.2) is 11.5 Å². The fourth-order valence-electron chi connectivity index (χ4n) is 12.7. The molecule has 1 aliphatic heterocycles. The minimum Gasteiger partial charge on any atom is -0.453 e. The Bertz CT molecular complexity index is 2300. The topological polar surface area (TPSA) is 12.5 Å². The zero-order chi connectivity index (χ0) is 37.6. The van der Waals surface area contributed by atoms with Crippen LogP contribution in [0.3, 0.4) is 0 Å². The number of hydrogen-bond acceptors (Lipinski definition) is 2. The van der Waals surface area contributed by atoms with Gasteiger partial charge in [-0.3, -0.25) is 0 Å². The molecule has 4 bridgehead atoms. The first-order valence-corrected chi connectivity index (χ1v) is 20.6. The Morgan fingerprint density at radius 3 is 1.40 bits per heavy atom. The number of rotatable bonds is 6. The highest BCUT2D eigenvalue weighted by molar-refractivity contribution is 6.96. The Morgan fingerprint density at radius 2 is 0.945 bits per heavy atom. The molecule has 274 valence electrons. The molecule has 55 heavy (non-hydrogen) atoms. The van der Waals surface area contributed by atoms with E-state index in [0.717, 1.165) is 34.7 Å². The number of hydrogen-bond donors (Lipinski definition) is 0. The molecular weight excluding hydrogens is 665 g/mol. The molecule has 6 aromatic rings. The molecule has 0 saturated heterocycles. The van der Waals surface area contributed by atoms with Gasteiger partial charge in [0.1, 0.15) is 0 Å². The van der Waals surface area contributed by atoms with Gasteiger partial charge in [-0.1, -0.05) is 135 Å². The van der Waals surface area contributed by atoms with Crippen LogP contribution in [-0.2, 0) is 10.8 Å². The van der Waals surface area contributed by atoms with E-state index in [4.69, 9.17) is 4.74 Å². The first kappa shape index (κ1) is 34.5. The molecule has 3 heteroatoms. The lowest BCUT2D eigenvalue weighted by atomic mass is 9.34. The third-order valence-electron chi connectivity index (χ3n) is 14.1. The molecule has 6 aromatic carbocycles. The van der Waals surface area contributed by atoms with Gasteiger partial charge in [-0.05, 0) is 150 Å². The SMILES string of the molecule is Cc1cc(C)c(B(c2ccc(C34CC5CC(C3)CC(c3ccc(N6c7ccccc7Oc7ccccc76)cc3)(C5)C4)cc2)c2c(C)cc(C)cc2C)c(C)c1. The highest BCUT2D eigenvalue weighted by atomic mass is 16.5. The van der Waals surface area contributed by atoms with Crippen LogP contribution in [0.4, 0.5) is 17.1 Å². The summed E-state index contributed by atoms with van der Waals surface area (Å²) in [6, 6.07) is 46.1. The molecular formula is C52H52BNO. The summed E-state index contributed by atoms with van der Waals surface area (Å²) < 4.78 is 6.32. The Balaban J connectivity index is 1.00. The Morgan fingerprint density at radius 1 is 0.527 bits per heavy atom. The number of ether oxygens (including phenoxy) is 1. The van der Waals surface area contributed by atoms with Crippen LogP contribution < -0.4 is 26.0 Å². The molecule has 4 saturated carbocycles. The van der Waals surface area contributed by atoms with E-state index in [0.29, 0.717) is 0 Å². The highest BCUT2D eigenvalue weighted by Gasteiger charge is 2.58. The third kappa shape index (κ3) is 5.60. The predicted octanol–water partition coefficient (Wildman–Crippen LogP) is 11.4. The van der Waals surface area contributed by atoms with Gasteiger partial charge in [0, 0.05) is 5.69 Å². The lowest BCUT2D eigenvalue weighted by Gasteiger charge is -2.63. The standard InChI is InChI=1S/C52H52BNO/c1-33-23-35(3)49(36(4)24-33)53(50-37(5)25-34(2)26-38(50)6)43-19-15-41(16-20-43)51-28-39-27-40(29-51)31-52(30-39,32-51)42-17-21-44(22-18-42)54-45-11-7-9-13-47(45)55-48-14-10-8-12-46(48)54/h7-26,39-40H,27-32H2,1-6H3. The normalized spacial score (nSPS) is 23.3. The van der Waals surface area contributed by atoms with E-state index in [1.54, 1.807) is 5.56 Å². The molecule has 0 N–H and O–H groups in total. The number of anilines is 3. The van der Waals surface area contributed by atoms with Crippen molar-refractivity contribution < 1.29 is 4.74 Å². The highest BCUT2D eigenvalue weighted by Crippen LogP contribution is 2.66. The fourth-order valence-corrected chi connectivity index (χ4v) is 12.7. The van der Waals surface area contributed by atoms with E-state index in [1.165, 1.54) is 99.5 Å². The summed E-state index contributed by atoms with van der Waals surface area (Å²) in [5, 5.41) is 0. The van der Waals surface area contributed by atoms with Gasteiger partial charge in [-0.2, -0.15) is 0 Å². The van der Waals surface area contributed by atoms with E-state index >= 15 is 0 Å². The number of nitrogens with zero attached hydrogens (tertiary/aromatic N) is 1. The van der Waals surface area contributed by atoms with Gasteiger partial charge in [0.05, 0.1) is 11.4 Å². The van der Waals surface area contributed by atoms with Gasteiger partial charge in [-0.15, -0.1) is 0 Å². The molecule has 2 unspecified atom stereocenters.